The molecule has 0 radical (unpaired) electrons. The van der Waals surface area contributed by atoms with Crippen LogP contribution in [0, 0.1) is 17.3 Å². The summed E-state index contributed by atoms with van der Waals surface area (Å²) in [5.74, 6) is -0.223. The maximum absolute atomic E-state index is 13.7. The summed E-state index contributed by atoms with van der Waals surface area (Å²) in [6, 6.07) is 6.92. The zero-order chi connectivity index (χ0) is 29.5. The summed E-state index contributed by atoms with van der Waals surface area (Å²) in [5.41, 5.74) is -0.899. The summed E-state index contributed by atoms with van der Waals surface area (Å²) >= 11 is 0. The van der Waals surface area contributed by atoms with Crippen molar-refractivity contribution in [2.45, 2.75) is 82.3 Å². The molecule has 2 aromatic rings. The molecule has 0 amide bonds. The van der Waals surface area contributed by atoms with Gasteiger partial charge in [0.2, 0.25) is 0 Å². The van der Waals surface area contributed by atoms with Crippen molar-refractivity contribution in [1.29, 1.82) is 0 Å². The molecule has 2 saturated carbocycles. The molecule has 2 spiro atoms. The van der Waals surface area contributed by atoms with Crippen molar-refractivity contribution in [2.24, 2.45) is 17.3 Å². The SMILES string of the molecule is C[C@H](C(=O)O)C(c1ccc2c(c1)OC1(CC2)CC2(CN([C@@H](C)c3cc(C(F)(F)F)ccc3C(F)(F)F)C2)C1)C1CC1. The molecule has 2 aromatic carbocycles. The molecule has 3 fully saturated rings. The van der Waals surface area contributed by atoms with Gasteiger partial charge in [-0.2, -0.15) is 26.3 Å². The summed E-state index contributed by atoms with van der Waals surface area (Å²) in [7, 11) is 0. The van der Waals surface area contributed by atoms with Gasteiger partial charge in [0.15, 0.2) is 0 Å². The number of benzene rings is 2. The number of aryl methyl sites for hydroxylation is 1. The molecule has 0 bridgehead atoms. The third-order valence-electron chi connectivity index (χ3n) is 9.86. The number of ether oxygens (including phenoxy) is 1. The van der Waals surface area contributed by atoms with E-state index in [0.29, 0.717) is 37.2 Å². The number of carboxylic acid groups (broad SMARTS) is 1. The fourth-order valence-electron chi connectivity index (χ4n) is 7.72. The molecular formula is C31H33F6NO3. The topological polar surface area (TPSA) is 49.8 Å². The van der Waals surface area contributed by atoms with Gasteiger partial charge in [0, 0.05) is 24.5 Å². The highest BCUT2D eigenvalue weighted by Crippen LogP contribution is 2.60. The van der Waals surface area contributed by atoms with E-state index in [9.17, 15) is 36.2 Å². The van der Waals surface area contributed by atoms with Gasteiger partial charge in [-0.1, -0.05) is 19.1 Å². The molecule has 3 atom stereocenters. The van der Waals surface area contributed by atoms with Crippen LogP contribution in [0.4, 0.5) is 26.3 Å². The van der Waals surface area contributed by atoms with Crippen LogP contribution in [0.15, 0.2) is 36.4 Å². The standard InChI is InChI=1S/C31H33F6NO3/c1-17(27(39)40)26(20-4-5-20)21-6-3-19-9-10-29(41-25(19)11-21)13-28(14-29)15-38(16-28)18(2)23-12-22(30(32,33)34)7-8-24(23)31(35,36)37/h3,6-8,11-12,17-18,20,26H,4-5,9-10,13-16H2,1-2H3,(H,39,40)/t17-,18-,26?/m0/s1. The molecule has 2 heterocycles. The van der Waals surface area contributed by atoms with E-state index in [1.54, 1.807) is 6.92 Å². The highest BCUT2D eigenvalue weighted by molar-refractivity contribution is 5.71. The van der Waals surface area contributed by atoms with E-state index in [0.717, 1.165) is 55.4 Å². The van der Waals surface area contributed by atoms with Crippen molar-refractivity contribution in [1.82, 2.24) is 4.90 Å². The number of hydrogen-bond donors (Lipinski definition) is 1. The Morgan fingerprint density at radius 3 is 2.27 bits per heavy atom. The Hall–Kier alpha value is -2.75. The molecule has 41 heavy (non-hydrogen) atoms. The van der Waals surface area contributed by atoms with Crippen molar-refractivity contribution in [3.05, 3.63) is 64.2 Å². The summed E-state index contributed by atoms with van der Waals surface area (Å²) in [5, 5.41) is 9.65. The van der Waals surface area contributed by atoms with Crippen molar-refractivity contribution in [3.63, 3.8) is 0 Å². The lowest BCUT2D eigenvalue weighted by molar-refractivity contribution is -0.192. The van der Waals surface area contributed by atoms with Gasteiger partial charge < -0.3 is 9.84 Å². The van der Waals surface area contributed by atoms with Gasteiger partial charge in [-0.3, -0.25) is 9.69 Å². The van der Waals surface area contributed by atoms with Gasteiger partial charge in [0.25, 0.3) is 0 Å². The monoisotopic (exact) mass is 581 g/mol. The average molecular weight is 582 g/mol. The second kappa shape index (κ2) is 9.38. The third-order valence-corrected chi connectivity index (χ3v) is 9.86. The maximum atomic E-state index is 13.7. The van der Waals surface area contributed by atoms with Crippen molar-refractivity contribution < 1.29 is 41.0 Å². The number of carboxylic acids is 1. The van der Waals surface area contributed by atoms with Crippen LogP contribution in [0.25, 0.3) is 0 Å². The van der Waals surface area contributed by atoms with Crippen LogP contribution in [-0.4, -0.2) is 34.7 Å². The van der Waals surface area contributed by atoms with Crippen LogP contribution in [0.2, 0.25) is 0 Å². The van der Waals surface area contributed by atoms with Crippen LogP contribution in [0.5, 0.6) is 5.75 Å². The van der Waals surface area contributed by atoms with Crippen molar-refractivity contribution in [2.75, 3.05) is 13.1 Å². The normalized spacial score (nSPS) is 23.6. The second-order valence-corrected chi connectivity index (χ2v) is 12.9. The summed E-state index contributed by atoms with van der Waals surface area (Å²) in [4.78, 5) is 13.6. The van der Waals surface area contributed by atoms with E-state index < -0.39 is 41.4 Å². The Morgan fingerprint density at radius 1 is 1.00 bits per heavy atom. The fraction of sp³-hybridized carbons (Fsp3) is 0.581. The third kappa shape index (κ3) is 5.10. The molecule has 1 unspecified atom stereocenters. The maximum Gasteiger partial charge on any atom is 0.416 e. The van der Waals surface area contributed by atoms with Gasteiger partial charge in [-0.05, 0) is 98.2 Å². The van der Waals surface area contributed by atoms with E-state index in [1.807, 2.05) is 23.1 Å². The Labute approximate surface area is 234 Å². The van der Waals surface area contributed by atoms with E-state index in [2.05, 4.69) is 0 Å². The largest absolute Gasteiger partial charge is 0.487 e. The second-order valence-electron chi connectivity index (χ2n) is 12.9. The van der Waals surface area contributed by atoms with Crippen molar-refractivity contribution in [3.8, 4) is 5.75 Å². The van der Waals surface area contributed by atoms with Gasteiger partial charge >= 0.3 is 18.3 Å². The Morgan fingerprint density at radius 2 is 1.68 bits per heavy atom. The lowest BCUT2D eigenvalue weighted by atomic mass is 9.53. The number of rotatable bonds is 6. The number of aliphatic carboxylic acids is 1. The lowest BCUT2D eigenvalue weighted by Crippen LogP contribution is -2.70. The van der Waals surface area contributed by atoms with E-state index >= 15 is 0 Å². The van der Waals surface area contributed by atoms with Gasteiger partial charge in [0.05, 0.1) is 17.0 Å². The number of carbonyl (C=O) groups is 1. The quantitative estimate of drug-likeness (QED) is 0.353. The molecule has 10 heteroatoms. The van der Waals surface area contributed by atoms with Crippen molar-refractivity contribution >= 4 is 5.97 Å². The van der Waals surface area contributed by atoms with Gasteiger partial charge in [-0.25, -0.2) is 0 Å². The predicted molar refractivity (Wildman–Crippen MR) is 138 cm³/mol. The first-order valence-corrected chi connectivity index (χ1v) is 14.2. The average Bonchev–Trinajstić information content (AvgIpc) is 3.68. The van der Waals surface area contributed by atoms with Gasteiger partial charge in [0.1, 0.15) is 11.4 Å². The molecule has 4 aliphatic rings. The molecule has 2 aliphatic heterocycles. The van der Waals surface area contributed by atoms with Crippen LogP contribution >= 0.6 is 0 Å². The number of nitrogens with zero attached hydrogens (tertiary/aromatic N) is 1. The molecular weight excluding hydrogens is 548 g/mol. The molecule has 222 valence electrons. The number of fused-ring (bicyclic) bond motifs is 1. The first-order chi connectivity index (χ1) is 19.1. The zero-order valence-electron chi connectivity index (χ0n) is 22.9. The van der Waals surface area contributed by atoms with Crippen LogP contribution in [0.3, 0.4) is 0 Å². The lowest BCUT2D eigenvalue weighted by Gasteiger charge is -2.65. The van der Waals surface area contributed by atoms with E-state index in [-0.39, 0.29) is 22.5 Å². The minimum absolute atomic E-state index is 0.0638. The van der Waals surface area contributed by atoms with Crippen LogP contribution < -0.4 is 4.74 Å². The summed E-state index contributed by atoms with van der Waals surface area (Å²) < 4.78 is 87.5. The first kappa shape index (κ1) is 28.4. The molecule has 6 rings (SSSR count). The van der Waals surface area contributed by atoms with E-state index in [1.165, 1.54) is 6.92 Å². The zero-order valence-corrected chi connectivity index (χ0v) is 22.9. The molecule has 0 aromatic heterocycles. The highest BCUT2D eigenvalue weighted by atomic mass is 19.4. The number of alkyl halides is 6. The molecule has 4 nitrogen and oxygen atoms in total. The molecule has 1 saturated heterocycles. The summed E-state index contributed by atoms with van der Waals surface area (Å²) in [6.45, 7) is 4.29. The molecule has 1 N–H and O–H groups in total. The first-order valence-electron chi connectivity index (χ1n) is 14.2. The van der Waals surface area contributed by atoms with Crippen LogP contribution in [0.1, 0.15) is 85.7 Å². The van der Waals surface area contributed by atoms with E-state index in [4.69, 9.17) is 4.74 Å². The molecule has 2 aliphatic carbocycles. The number of hydrogen-bond acceptors (Lipinski definition) is 3. The smallest absolute Gasteiger partial charge is 0.416 e. The number of likely N-dealkylation sites (tertiary alicyclic amines) is 1. The number of halogens is 6. The fourth-order valence-corrected chi connectivity index (χ4v) is 7.72. The Kier molecular flexibility index (Phi) is 6.49. The predicted octanol–water partition coefficient (Wildman–Crippen LogP) is 7.86. The summed E-state index contributed by atoms with van der Waals surface area (Å²) in [6.07, 6.45) is -4.32. The minimum Gasteiger partial charge on any atom is -0.487 e. The van der Waals surface area contributed by atoms with Gasteiger partial charge in [-0.15, -0.1) is 0 Å². The highest BCUT2D eigenvalue weighted by Gasteiger charge is 2.62. The van der Waals surface area contributed by atoms with Crippen LogP contribution in [-0.2, 0) is 23.6 Å². The minimum atomic E-state index is -4.75. The Balaban J connectivity index is 1.15. The Bertz CT molecular complexity index is 1350.